The Bertz CT molecular complexity index is 891. The van der Waals surface area contributed by atoms with Crippen LogP contribution in [-0.2, 0) is 33.8 Å². The summed E-state index contributed by atoms with van der Waals surface area (Å²) >= 11 is 0. The molecule has 2 aromatic rings. The van der Waals surface area contributed by atoms with Crippen LogP contribution in [0, 0.1) is 0 Å². The second kappa shape index (κ2) is 12.5. The highest BCUT2D eigenvalue weighted by Gasteiger charge is 2.41. The van der Waals surface area contributed by atoms with Crippen molar-refractivity contribution in [2.45, 2.75) is 24.4 Å². The van der Waals surface area contributed by atoms with E-state index in [1.807, 2.05) is 66.7 Å². The minimum Gasteiger partial charge on any atom is -0.312 e. The second-order valence-electron chi connectivity index (χ2n) is 6.77. The van der Waals surface area contributed by atoms with E-state index < -0.39 is 26.6 Å². The third-order valence-corrected chi connectivity index (χ3v) is 9.35. The quantitative estimate of drug-likeness (QED) is 0.387. The molecule has 0 aliphatic carbocycles. The van der Waals surface area contributed by atoms with Crippen LogP contribution >= 0.6 is 15.2 Å². The van der Waals surface area contributed by atoms with Gasteiger partial charge in [0.15, 0.2) is 0 Å². The van der Waals surface area contributed by atoms with Crippen LogP contribution in [0.3, 0.4) is 0 Å². The molecule has 7 nitrogen and oxygen atoms in total. The molecule has 31 heavy (non-hydrogen) atoms. The van der Waals surface area contributed by atoms with Gasteiger partial charge < -0.3 is 18.1 Å². The van der Waals surface area contributed by atoms with Crippen LogP contribution in [0.4, 0.5) is 0 Å². The Morgan fingerprint density at radius 1 is 0.806 bits per heavy atom. The number of benzene rings is 2. The van der Waals surface area contributed by atoms with Crippen LogP contribution in [0.25, 0.3) is 6.08 Å². The predicted molar refractivity (Wildman–Crippen MR) is 124 cm³/mol. The van der Waals surface area contributed by atoms with E-state index in [0.29, 0.717) is 6.54 Å². The summed E-state index contributed by atoms with van der Waals surface area (Å²) in [7, 11) is -1.72. The van der Waals surface area contributed by atoms with Crippen LogP contribution in [0.5, 0.6) is 0 Å². The van der Waals surface area contributed by atoms with Gasteiger partial charge in [0.05, 0.1) is 5.66 Å². The van der Waals surface area contributed by atoms with Crippen molar-refractivity contribution >= 4 is 21.3 Å². The first-order chi connectivity index (χ1) is 14.9. The molecule has 2 atom stereocenters. The summed E-state index contributed by atoms with van der Waals surface area (Å²) in [4.78, 5) is 0. The van der Waals surface area contributed by atoms with Gasteiger partial charge in [0.25, 0.3) is 0 Å². The lowest BCUT2D eigenvalue weighted by atomic mass is 10.2. The maximum atomic E-state index is 13.3. The first-order valence-corrected chi connectivity index (χ1v) is 13.1. The monoisotopic (exact) mass is 467 g/mol. The summed E-state index contributed by atoms with van der Waals surface area (Å²) in [6.45, 7) is 0.432. The summed E-state index contributed by atoms with van der Waals surface area (Å²) in [5.41, 5.74) is 1.25. The van der Waals surface area contributed by atoms with Gasteiger partial charge in [-0.1, -0.05) is 72.8 Å². The van der Waals surface area contributed by atoms with Crippen molar-refractivity contribution in [2.75, 3.05) is 28.4 Å². The van der Waals surface area contributed by atoms with Gasteiger partial charge in [-0.15, -0.1) is 0 Å². The van der Waals surface area contributed by atoms with Gasteiger partial charge in [0.2, 0.25) is 0 Å². The lowest BCUT2D eigenvalue weighted by molar-refractivity contribution is 0.250. The molecule has 0 aliphatic rings. The highest BCUT2D eigenvalue weighted by molar-refractivity contribution is 7.55. The molecule has 0 saturated heterocycles. The lowest BCUT2D eigenvalue weighted by Crippen LogP contribution is -2.33. The van der Waals surface area contributed by atoms with Crippen LogP contribution in [0.1, 0.15) is 17.5 Å². The third-order valence-electron chi connectivity index (χ3n) is 4.97. The summed E-state index contributed by atoms with van der Waals surface area (Å²) in [6, 6.07) is 19.3. The van der Waals surface area contributed by atoms with Gasteiger partial charge in [0, 0.05) is 35.0 Å². The minimum absolute atomic E-state index is 0.147. The maximum absolute atomic E-state index is 13.3. The van der Waals surface area contributed by atoms with Gasteiger partial charge in [-0.25, -0.2) is 0 Å². The van der Waals surface area contributed by atoms with Crippen molar-refractivity contribution in [2.24, 2.45) is 0 Å². The van der Waals surface area contributed by atoms with Crippen LogP contribution in [0.2, 0.25) is 0 Å². The molecular formula is C22H31NO6P2. The van der Waals surface area contributed by atoms with E-state index in [1.54, 1.807) is 6.08 Å². The molecule has 0 aromatic heterocycles. The van der Waals surface area contributed by atoms with Crippen LogP contribution in [0.15, 0.2) is 66.7 Å². The number of hydrogen-bond acceptors (Lipinski definition) is 7. The fourth-order valence-electron chi connectivity index (χ4n) is 3.16. The molecule has 0 fully saturated rings. The number of allylic oxidation sites excluding steroid dienone is 1. The van der Waals surface area contributed by atoms with E-state index in [0.717, 1.165) is 11.1 Å². The predicted octanol–water partition coefficient (Wildman–Crippen LogP) is 5.55. The summed E-state index contributed by atoms with van der Waals surface area (Å²) in [5, 5.41) is 3.25. The molecule has 0 radical (unpaired) electrons. The fourth-order valence-corrected chi connectivity index (χ4v) is 6.24. The average Bonchev–Trinajstić information content (AvgIpc) is 2.83. The van der Waals surface area contributed by atoms with E-state index in [4.69, 9.17) is 18.1 Å². The Morgan fingerprint density at radius 3 is 1.84 bits per heavy atom. The Hall–Kier alpha value is -1.56. The number of rotatable bonds is 13. The summed E-state index contributed by atoms with van der Waals surface area (Å²) < 4.78 is 47.6. The Kier molecular flexibility index (Phi) is 10.3. The van der Waals surface area contributed by atoms with Crippen molar-refractivity contribution in [1.29, 1.82) is 0 Å². The Balaban J connectivity index is 2.34. The number of hydrogen-bond donors (Lipinski definition) is 1. The molecule has 0 spiro atoms. The second-order valence-corrected chi connectivity index (χ2v) is 11.7. The van der Waals surface area contributed by atoms with E-state index in [2.05, 4.69) is 5.32 Å². The molecule has 2 rings (SSSR count). The van der Waals surface area contributed by atoms with Crippen LogP contribution < -0.4 is 5.32 Å². The van der Waals surface area contributed by atoms with E-state index in [1.165, 1.54) is 28.4 Å². The smallest absolute Gasteiger partial charge is 0.312 e. The fraction of sp³-hybridized carbons (Fsp3) is 0.364. The van der Waals surface area contributed by atoms with Crippen molar-refractivity contribution in [1.82, 2.24) is 5.32 Å². The summed E-state index contributed by atoms with van der Waals surface area (Å²) in [6.07, 6.45) is 3.75. The molecule has 0 heterocycles. The lowest BCUT2D eigenvalue weighted by Gasteiger charge is -2.30. The van der Waals surface area contributed by atoms with Gasteiger partial charge in [-0.3, -0.25) is 14.4 Å². The molecule has 170 valence electrons. The van der Waals surface area contributed by atoms with Crippen molar-refractivity contribution in [3.05, 3.63) is 77.9 Å². The standard InChI is InChI=1S/C22H31NO6P2/c1-26-30(24,27-2)21(16-15-19-11-7-5-8-12-19)17-22(31(25,28-3)29-4)23-18-20-13-9-6-10-14-20/h5-16,21-23H,17-18H2,1-4H3/b16-15+. The molecule has 2 aromatic carbocycles. The van der Waals surface area contributed by atoms with Gasteiger partial charge in [-0.2, -0.15) is 0 Å². The SMILES string of the molecule is COP(=O)(OC)C(/C=C/c1ccccc1)CC(NCc1ccccc1)P(=O)(OC)OC. The zero-order valence-corrected chi connectivity index (χ0v) is 20.1. The molecular weight excluding hydrogens is 436 g/mol. The largest absolute Gasteiger partial charge is 0.346 e. The van der Waals surface area contributed by atoms with Gasteiger partial charge in [0.1, 0.15) is 5.78 Å². The Morgan fingerprint density at radius 2 is 1.32 bits per heavy atom. The van der Waals surface area contributed by atoms with Crippen LogP contribution in [-0.4, -0.2) is 39.9 Å². The first kappa shape index (κ1) is 25.7. The van der Waals surface area contributed by atoms with E-state index in [9.17, 15) is 9.13 Å². The highest BCUT2D eigenvalue weighted by atomic mass is 31.2. The average molecular weight is 467 g/mol. The third kappa shape index (κ3) is 7.23. The van der Waals surface area contributed by atoms with Gasteiger partial charge in [-0.05, 0) is 17.5 Å². The van der Waals surface area contributed by atoms with E-state index in [-0.39, 0.29) is 6.42 Å². The van der Waals surface area contributed by atoms with Gasteiger partial charge >= 0.3 is 15.2 Å². The maximum Gasteiger partial charge on any atom is 0.346 e. The first-order valence-electron chi connectivity index (χ1n) is 9.83. The highest BCUT2D eigenvalue weighted by Crippen LogP contribution is 2.58. The zero-order chi connectivity index (χ0) is 22.7. The molecule has 9 heteroatoms. The molecule has 0 amide bonds. The Labute approximate surface area is 184 Å². The van der Waals surface area contributed by atoms with Crippen molar-refractivity contribution < 1.29 is 27.2 Å². The van der Waals surface area contributed by atoms with E-state index >= 15 is 0 Å². The molecule has 0 aliphatic heterocycles. The molecule has 2 unspecified atom stereocenters. The molecule has 0 bridgehead atoms. The normalized spacial score (nSPS) is 14.6. The van der Waals surface area contributed by atoms with Crippen molar-refractivity contribution in [3.63, 3.8) is 0 Å². The minimum atomic E-state index is -3.55. The zero-order valence-electron chi connectivity index (χ0n) is 18.3. The molecule has 1 N–H and O–H groups in total. The topological polar surface area (TPSA) is 83.1 Å². The number of nitrogens with one attached hydrogen (secondary N) is 1. The molecule has 0 saturated carbocycles. The summed E-state index contributed by atoms with van der Waals surface area (Å²) in [5.74, 6) is -0.744. The van der Waals surface area contributed by atoms with Crippen molar-refractivity contribution in [3.8, 4) is 0 Å².